The molecule has 0 radical (unpaired) electrons. The molecule has 1 fully saturated rings. The summed E-state index contributed by atoms with van der Waals surface area (Å²) in [5.74, 6) is 0. The van der Waals surface area contributed by atoms with Crippen LogP contribution in [0.5, 0.6) is 0 Å². The Kier molecular flexibility index (Phi) is 3.57. The lowest BCUT2D eigenvalue weighted by Crippen LogP contribution is -2.24. The van der Waals surface area contributed by atoms with E-state index in [1.54, 1.807) is 0 Å². The van der Waals surface area contributed by atoms with Gasteiger partial charge < -0.3 is 10.6 Å². The lowest BCUT2D eigenvalue weighted by atomic mass is 10.1. The molecule has 0 atom stereocenters. The lowest BCUT2D eigenvalue weighted by Gasteiger charge is -2.16. The van der Waals surface area contributed by atoms with E-state index in [1.165, 1.54) is 12.8 Å². The van der Waals surface area contributed by atoms with Gasteiger partial charge >= 0.3 is 0 Å². The first-order valence-corrected chi connectivity index (χ1v) is 6.00. The van der Waals surface area contributed by atoms with Crippen LogP contribution >= 0.6 is 12.2 Å². The predicted molar refractivity (Wildman–Crippen MR) is 72.0 cm³/mol. The maximum atomic E-state index is 6.01. The van der Waals surface area contributed by atoms with Gasteiger partial charge in [-0.05, 0) is 24.5 Å². The summed E-state index contributed by atoms with van der Waals surface area (Å²) in [6.45, 7) is 2.13. The normalized spacial score (nSPS) is 16.5. The van der Waals surface area contributed by atoms with Crippen molar-refractivity contribution >= 4 is 22.9 Å². The molecule has 1 aromatic carbocycles. The minimum atomic E-state index is 0.748. The summed E-state index contributed by atoms with van der Waals surface area (Å²) >= 11 is 5.36. The lowest BCUT2D eigenvalue weighted by molar-refractivity contribution is 0.532. The minimum Gasteiger partial charge on any atom is -0.398 e. The van der Waals surface area contributed by atoms with E-state index in [0.29, 0.717) is 0 Å². The van der Waals surface area contributed by atoms with Gasteiger partial charge in [-0.3, -0.25) is 0 Å². The number of benzene rings is 1. The summed E-state index contributed by atoms with van der Waals surface area (Å²) in [7, 11) is 0. The Bertz CT molecular complexity index is 392. The third-order valence-corrected chi connectivity index (χ3v) is 3.18. The topological polar surface area (TPSA) is 29.3 Å². The van der Waals surface area contributed by atoms with Gasteiger partial charge in [-0.15, -0.1) is 0 Å². The Balaban J connectivity index is 2.09. The van der Waals surface area contributed by atoms with Crippen LogP contribution in [0.25, 0.3) is 5.70 Å². The SMILES string of the molecule is N/C(=C/C(=S)N1CCCC1)c1ccccc1. The molecule has 1 aromatic rings. The summed E-state index contributed by atoms with van der Waals surface area (Å²) in [6.07, 6.45) is 4.37. The molecule has 0 aliphatic carbocycles. The van der Waals surface area contributed by atoms with Crippen molar-refractivity contribution < 1.29 is 0 Å². The van der Waals surface area contributed by atoms with E-state index in [4.69, 9.17) is 18.0 Å². The molecule has 2 N–H and O–H groups in total. The zero-order valence-corrected chi connectivity index (χ0v) is 10.0. The summed E-state index contributed by atoms with van der Waals surface area (Å²) < 4.78 is 0. The third kappa shape index (κ3) is 2.61. The molecule has 0 aromatic heterocycles. The van der Waals surface area contributed by atoms with Crippen molar-refractivity contribution in [3.63, 3.8) is 0 Å². The highest BCUT2D eigenvalue weighted by molar-refractivity contribution is 7.80. The molecular formula is C13H16N2S. The molecule has 16 heavy (non-hydrogen) atoms. The zero-order chi connectivity index (χ0) is 11.4. The molecule has 2 nitrogen and oxygen atoms in total. The molecule has 0 unspecified atom stereocenters. The van der Waals surface area contributed by atoms with Crippen LogP contribution < -0.4 is 5.73 Å². The standard InChI is InChI=1S/C13H16N2S/c14-12(11-6-2-1-3-7-11)10-13(16)15-8-4-5-9-15/h1-3,6-7,10H,4-5,8-9,14H2/b12-10+. The molecule has 1 aliphatic rings. The highest BCUT2D eigenvalue weighted by atomic mass is 32.1. The molecule has 0 bridgehead atoms. The van der Waals surface area contributed by atoms with Gasteiger partial charge in [0.15, 0.2) is 0 Å². The maximum absolute atomic E-state index is 6.01. The summed E-state index contributed by atoms with van der Waals surface area (Å²) in [5.41, 5.74) is 7.79. The van der Waals surface area contributed by atoms with Crippen molar-refractivity contribution in [1.82, 2.24) is 4.90 Å². The van der Waals surface area contributed by atoms with Crippen LogP contribution in [-0.2, 0) is 0 Å². The van der Waals surface area contributed by atoms with E-state index in [0.717, 1.165) is 29.3 Å². The monoisotopic (exact) mass is 232 g/mol. The second-order valence-electron chi connectivity index (χ2n) is 4.00. The molecule has 1 saturated heterocycles. The van der Waals surface area contributed by atoms with E-state index in [2.05, 4.69) is 4.90 Å². The average Bonchev–Trinajstić information content (AvgIpc) is 2.83. The largest absolute Gasteiger partial charge is 0.398 e. The first-order chi connectivity index (χ1) is 7.77. The molecule has 0 spiro atoms. The van der Waals surface area contributed by atoms with Crippen LogP contribution in [0.4, 0.5) is 0 Å². The van der Waals surface area contributed by atoms with Crippen LogP contribution in [0.1, 0.15) is 18.4 Å². The van der Waals surface area contributed by atoms with E-state index in [9.17, 15) is 0 Å². The van der Waals surface area contributed by atoms with Crippen molar-refractivity contribution in [1.29, 1.82) is 0 Å². The van der Waals surface area contributed by atoms with Crippen LogP contribution in [-0.4, -0.2) is 23.0 Å². The number of nitrogens with two attached hydrogens (primary N) is 1. The van der Waals surface area contributed by atoms with Crippen molar-refractivity contribution in [3.05, 3.63) is 42.0 Å². The zero-order valence-electron chi connectivity index (χ0n) is 9.23. The Labute approximate surface area is 102 Å². The van der Waals surface area contributed by atoms with Crippen LogP contribution in [0.15, 0.2) is 36.4 Å². The molecule has 1 aliphatic heterocycles. The molecule has 0 amide bonds. The van der Waals surface area contributed by atoms with Gasteiger partial charge in [0.1, 0.15) is 4.99 Å². The molecule has 0 saturated carbocycles. The van der Waals surface area contributed by atoms with Gasteiger partial charge in [-0.25, -0.2) is 0 Å². The molecule has 84 valence electrons. The number of hydrogen-bond donors (Lipinski definition) is 1. The summed E-state index contributed by atoms with van der Waals surface area (Å²) in [5, 5.41) is 0. The highest BCUT2D eigenvalue weighted by Gasteiger charge is 2.13. The van der Waals surface area contributed by atoms with Gasteiger partial charge in [0, 0.05) is 18.8 Å². The van der Waals surface area contributed by atoms with Crippen molar-refractivity contribution in [2.75, 3.05) is 13.1 Å². The van der Waals surface area contributed by atoms with Gasteiger partial charge in [-0.2, -0.15) is 0 Å². The number of hydrogen-bond acceptors (Lipinski definition) is 2. The molecule has 3 heteroatoms. The first kappa shape index (κ1) is 11.1. The summed E-state index contributed by atoms with van der Waals surface area (Å²) in [4.78, 5) is 3.07. The predicted octanol–water partition coefficient (Wildman–Crippen LogP) is 2.41. The fourth-order valence-corrected chi connectivity index (χ4v) is 2.19. The number of rotatable bonds is 2. The number of thiocarbonyl (C=S) groups is 1. The van der Waals surface area contributed by atoms with Crippen molar-refractivity contribution in [2.24, 2.45) is 5.73 Å². The maximum Gasteiger partial charge on any atom is 0.103 e. The van der Waals surface area contributed by atoms with Crippen LogP contribution in [0.3, 0.4) is 0 Å². The van der Waals surface area contributed by atoms with Crippen LogP contribution in [0, 0.1) is 0 Å². The Morgan fingerprint density at radius 2 is 1.81 bits per heavy atom. The fourth-order valence-electron chi connectivity index (χ4n) is 1.88. The second kappa shape index (κ2) is 5.12. The van der Waals surface area contributed by atoms with Crippen molar-refractivity contribution in [2.45, 2.75) is 12.8 Å². The average molecular weight is 232 g/mol. The summed E-state index contributed by atoms with van der Waals surface area (Å²) in [6, 6.07) is 9.94. The Morgan fingerprint density at radius 3 is 2.44 bits per heavy atom. The van der Waals surface area contributed by atoms with Gasteiger partial charge in [-0.1, -0.05) is 42.5 Å². The van der Waals surface area contributed by atoms with Crippen molar-refractivity contribution in [3.8, 4) is 0 Å². The Hall–Kier alpha value is -1.35. The fraction of sp³-hybridized carbons (Fsp3) is 0.308. The molecule has 2 rings (SSSR count). The smallest absolute Gasteiger partial charge is 0.103 e. The first-order valence-electron chi connectivity index (χ1n) is 5.59. The second-order valence-corrected chi connectivity index (χ2v) is 4.42. The van der Waals surface area contributed by atoms with E-state index in [1.807, 2.05) is 36.4 Å². The van der Waals surface area contributed by atoms with E-state index >= 15 is 0 Å². The quantitative estimate of drug-likeness (QED) is 0.627. The van der Waals surface area contributed by atoms with E-state index < -0.39 is 0 Å². The molecular weight excluding hydrogens is 216 g/mol. The Morgan fingerprint density at radius 1 is 1.19 bits per heavy atom. The van der Waals surface area contributed by atoms with Gasteiger partial charge in [0.25, 0.3) is 0 Å². The van der Waals surface area contributed by atoms with Gasteiger partial charge in [0.2, 0.25) is 0 Å². The number of likely N-dealkylation sites (tertiary alicyclic amines) is 1. The van der Waals surface area contributed by atoms with Gasteiger partial charge in [0.05, 0.1) is 0 Å². The highest BCUT2D eigenvalue weighted by Crippen LogP contribution is 2.13. The van der Waals surface area contributed by atoms with Crippen LogP contribution in [0.2, 0.25) is 0 Å². The number of nitrogens with zero attached hydrogens (tertiary/aromatic N) is 1. The minimum absolute atomic E-state index is 0.748. The van der Waals surface area contributed by atoms with E-state index in [-0.39, 0.29) is 0 Å². The third-order valence-electron chi connectivity index (χ3n) is 2.80. The molecule has 1 heterocycles.